The van der Waals surface area contributed by atoms with Crippen LogP contribution in [0.1, 0.15) is 40.5 Å². The Morgan fingerprint density at radius 2 is 1.21 bits per heavy atom. The summed E-state index contributed by atoms with van der Waals surface area (Å²) in [6.07, 6.45) is 0.695. The van der Waals surface area contributed by atoms with Crippen LogP contribution in [0.25, 0.3) is 0 Å². The smallest absolute Gasteiger partial charge is 0.222 e. The van der Waals surface area contributed by atoms with E-state index in [9.17, 15) is 9.59 Å². The first kappa shape index (κ1) is 17.9. The molecule has 0 aromatic carbocycles. The number of carbonyl (C=O) groups excluding carboxylic acids is 2. The maximum atomic E-state index is 11.4. The molecule has 5 heteroatoms. The highest BCUT2D eigenvalue weighted by molar-refractivity contribution is 5.76. The highest BCUT2D eigenvalue weighted by Gasteiger charge is 2.04. The topological polar surface area (TPSA) is 67.4 Å². The minimum Gasteiger partial charge on any atom is -0.380 e. The van der Waals surface area contributed by atoms with Crippen LogP contribution in [0.5, 0.6) is 0 Å². The van der Waals surface area contributed by atoms with Crippen LogP contribution in [-0.2, 0) is 14.3 Å². The molecule has 0 unspecified atom stereocenters. The molecule has 5 nitrogen and oxygen atoms in total. The van der Waals surface area contributed by atoms with E-state index in [4.69, 9.17) is 4.74 Å². The summed E-state index contributed by atoms with van der Waals surface area (Å²) in [4.78, 5) is 22.7. The van der Waals surface area contributed by atoms with Gasteiger partial charge >= 0.3 is 0 Å². The van der Waals surface area contributed by atoms with Crippen LogP contribution in [0.2, 0.25) is 0 Å². The third-order valence-electron chi connectivity index (χ3n) is 2.36. The fourth-order valence-corrected chi connectivity index (χ4v) is 1.24. The molecule has 19 heavy (non-hydrogen) atoms. The molecule has 0 spiro atoms. The van der Waals surface area contributed by atoms with Crippen molar-refractivity contribution >= 4 is 11.8 Å². The van der Waals surface area contributed by atoms with Crippen LogP contribution in [-0.4, -0.2) is 38.1 Å². The first-order chi connectivity index (χ1) is 8.91. The number of hydrogen-bond acceptors (Lipinski definition) is 3. The summed E-state index contributed by atoms with van der Waals surface area (Å²) in [5.74, 6) is 0.903. The third-order valence-corrected chi connectivity index (χ3v) is 2.36. The number of ether oxygens (including phenoxy) is 1. The van der Waals surface area contributed by atoms with Crippen molar-refractivity contribution in [2.24, 2.45) is 11.8 Å². The van der Waals surface area contributed by atoms with Gasteiger partial charge in [0.15, 0.2) is 0 Å². The van der Waals surface area contributed by atoms with Crippen LogP contribution in [0.4, 0.5) is 0 Å². The van der Waals surface area contributed by atoms with Gasteiger partial charge in [0.1, 0.15) is 0 Å². The first-order valence-electron chi connectivity index (χ1n) is 7.03. The Morgan fingerprint density at radius 3 is 1.53 bits per heavy atom. The Morgan fingerprint density at radius 1 is 0.842 bits per heavy atom. The molecule has 2 amide bonds. The molecule has 0 saturated heterocycles. The maximum Gasteiger partial charge on any atom is 0.222 e. The Hall–Kier alpha value is -1.10. The number of amides is 2. The molecule has 0 saturated carbocycles. The predicted molar refractivity (Wildman–Crippen MR) is 75.7 cm³/mol. The van der Waals surface area contributed by atoms with Crippen LogP contribution < -0.4 is 10.6 Å². The molecule has 0 aliphatic rings. The van der Waals surface area contributed by atoms with Gasteiger partial charge in [-0.05, 0) is 11.8 Å². The third kappa shape index (κ3) is 13.1. The number of rotatable bonds is 10. The van der Waals surface area contributed by atoms with E-state index in [1.807, 2.05) is 27.7 Å². The van der Waals surface area contributed by atoms with Gasteiger partial charge in [-0.3, -0.25) is 9.59 Å². The molecular weight excluding hydrogens is 244 g/mol. The lowest BCUT2D eigenvalue weighted by Gasteiger charge is -2.09. The standard InChI is InChI=1S/C14H28N2O3/c1-11(2)9-15-13(17)5-7-19-8-6-14(18)16-10-12(3)4/h11-12H,5-10H2,1-4H3,(H,15,17)(H,16,18). The average molecular weight is 272 g/mol. The Bertz CT molecular complexity index is 239. The lowest BCUT2D eigenvalue weighted by atomic mass is 10.2. The normalized spacial score (nSPS) is 10.8. The summed E-state index contributed by atoms with van der Waals surface area (Å²) in [6, 6.07) is 0. The first-order valence-corrected chi connectivity index (χ1v) is 7.03. The zero-order valence-electron chi connectivity index (χ0n) is 12.6. The minimum absolute atomic E-state index is 0.00189. The fourth-order valence-electron chi connectivity index (χ4n) is 1.24. The fraction of sp³-hybridized carbons (Fsp3) is 0.857. The molecule has 0 atom stereocenters. The van der Waals surface area contributed by atoms with Gasteiger partial charge < -0.3 is 15.4 Å². The summed E-state index contributed by atoms with van der Waals surface area (Å²) in [6.45, 7) is 10.3. The maximum absolute atomic E-state index is 11.4. The predicted octanol–water partition coefficient (Wildman–Crippen LogP) is 1.33. The van der Waals surface area contributed by atoms with Crippen molar-refractivity contribution in [1.82, 2.24) is 10.6 Å². The summed E-state index contributed by atoms with van der Waals surface area (Å²) in [7, 11) is 0. The Balaban J connectivity index is 3.39. The van der Waals surface area contributed by atoms with Gasteiger partial charge in [0.25, 0.3) is 0 Å². The van der Waals surface area contributed by atoms with Crippen LogP contribution in [0.15, 0.2) is 0 Å². The van der Waals surface area contributed by atoms with Gasteiger partial charge in [-0.1, -0.05) is 27.7 Å². The number of hydrogen-bond donors (Lipinski definition) is 2. The molecule has 0 bridgehead atoms. The van der Waals surface area contributed by atoms with Gasteiger partial charge in [-0.2, -0.15) is 0 Å². The zero-order chi connectivity index (χ0) is 14.7. The molecule has 2 N–H and O–H groups in total. The van der Waals surface area contributed by atoms with E-state index in [1.54, 1.807) is 0 Å². The SMILES string of the molecule is CC(C)CNC(=O)CCOCCC(=O)NCC(C)C. The van der Waals surface area contributed by atoms with Crippen molar-refractivity contribution < 1.29 is 14.3 Å². The molecule has 0 rings (SSSR count). The van der Waals surface area contributed by atoms with E-state index < -0.39 is 0 Å². The van der Waals surface area contributed by atoms with E-state index in [0.717, 1.165) is 0 Å². The second-order valence-corrected chi connectivity index (χ2v) is 5.51. The molecule has 0 heterocycles. The van der Waals surface area contributed by atoms with Gasteiger partial charge in [0, 0.05) is 25.9 Å². The van der Waals surface area contributed by atoms with Gasteiger partial charge in [-0.15, -0.1) is 0 Å². The monoisotopic (exact) mass is 272 g/mol. The molecule has 0 fully saturated rings. The second kappa shape index (κ2) is 10.8. The van der Waals surface area contributed by atoms with E-state index in [1.165, 1.54) is 0 Å². The number of nitrogens with one attached hydrogen (secondary N) is 2. The molecule has 0 aliphatic carbocycles. The highest BCUT2D eigenvalue weighted by Crippen LogP contribution is 1.92. The molecular formula is C14H28N2O3. The van der Waals surface area contributed by atoms with Crippen LogP contribution in [0.3, 0.4) is 0 Å². The molecule has 0 aromatic heterocycles. The lowest BCUT2D eigenvalue weighted by Crippen LogP contribution is -2.29. The van der Waals surface area contributed by atoms with Crippen molar-refractivity contribution in [1.29, 1.82) is 0 Å². The van der Waals surface area contributed by atoms with Gasteiger partial charge in [0.05, 0.1) is 13.2 Å². The molecule has 0 aliphatic heterocycles. The second-order valence-electron chi connectivity index (χ2n) is 5.51. The summed E-state index contributed by atoms with van der Waals surface area (Å²) < 4.78 is 5.27. The molecule has 0 aromatic rings. The summed E-state index contributed by atoms with van der Waals surface area (Å²) in [5, 5.41) is 5.63. The quantitative estimate of drug-likeness (QED) is 0.590. The van der Waals surface area contributed by atoms with Crippen molar-refractivity contribution in [3.05, 3.63) is 0 Å². The zero-order valence-corrected chi connectivity index (χ0v) is 12.6. The van der Waals surface area contributed by atoms with Crippen LogP contribution in [0, 0.1) is 11.8 Å². The molecule has 0 radical (unpaired) electrons. The van der Waals surface area contributed by atoms with E-state index in [-0.39, 0.29) is 11.8 Å². The number of carbonyl (C=O) groups is 2. The van der Waals surface area contributed by atoms with E-state index in [2.05, 4.69) is 10.6 Å². The van der Waals surface area contributed by atoms with Crippen molar-refractivity contribution in [2.75, 3.05) is 26.3 Å². The summed E-state index contributed by atoms with van der Waals surface area (Å²) in [5.41, 5.74) is 0. The molecule has 112 valence electrons. The van der Waals surface area contributed by atoms with E-state index in [0.29, 0.717) is 51.0 Å². The Labute approximate surface area is 116 Å². The largest absolute Gasteiger partial charge is 0.380 e. The average Bonchev–Trinajstić information content (AvgIpc) is 2.33. The van der Waals surface area contributed by atoms with Crippen molar-refractivity contribution in [3.8, 4) is 0 Å². The van der Waals surface area contributed by atoms with Crippen molar-refractivity contribution in [2.45, 2.75) is 40.5 Å². The van der Waals surface area contributed by atoms with Gasteiger partial charge in [0.2, 0.25) is 11.8 Å². The minimum atomic E-state index is -0.00189. The van der Waals surface area contributed by atoms with Crippen LogP contribution >= 0.6 is 0 Å². The van der Waals surface area contributed by atoms with Gasteiger partial charge in [-0.25, -0.2) is 0 Å². The van der Waals surface area contributed by atoms with E-state index >= 15 is 0 Å². The Kier molecular flexibility index (Phi) is 10.2. The lowest BCUT2D eigenvalue weighted by molar-refractivity contribution is -0.123. The highest BCUT2D eigenvalue weighted by atomic mass is 16.5. The van der Waals surface area contributed by atoms with Crippen molar-refractivity contribution in [3.63, 3.8) is 0 Å². The summed E-state index contributed by atoms with van der Waals surface area (Å²) >= 11 is 0.